The summed E-state index contributed by atoms with van der Waals surface area (Å²) in [6.07, 6.45) is 4.23. The highest BCUT2D eigenvalue weighted by Crippen LogP contribution is 2.37. The Bertz CT molecular complexity index is 911. The molecule has 148 valence electrons. The second-order valence-corrected chi connectivity index (χ2v) is 7.07. The van der Waals surface area contributed by atoms with Gasteiger partial charge < -0.3 is 24.8 Å². The Hall–Kier alpha value is -3.06. The normalized spacial score (nSPS) is 24.6. The minimum absolute atomic E-state index is 0.0407. The number of aromatic hydroxyl groups is 2. The molecule has 3 rings (SSSR count). The first-order valence-electron chi connectivity index (χ1n) is 8.85. The molecule has 1 aromatic carbocycles. The Morgan fingerprint density at radius 1 is 1.36 bits per heavy atom. The molecule has 1 aliphatic heterocycles. The number of aryl methyl sites for hydroxylation is 1. The first kappa shape index (κ1) is 19.7. The minimum atomic E-state index is -1.93. The summed E-state index contributed by atoms with van der Waals surface area (Å²) in [4.78, 5) is 25.4. The lowest BCUT2D eigenvalue weighted by Gasteiger charge is -2.38. The smallest absolute Gasteiger partial charge is 0.342 e. The van der Waals surface area contributed by atoms with Crippen molar-refractivity contribution in [2.45, 2.75) is 38.9 Å². The number of hydrogen-bond donors (Lipinski definition) is 3. The van der Waals surface area contributed by atoms with E-state index in [1.165, 1.54) is 19.9 Å². The molecule has 0 saturated carbocycles. The lowest BCUT2D eigenvalue weighted by atomic mass is 9.77. The fourth-order valence-corrected chi connectivity index (χ4v) is 3.41. The van der Waals surface area contributed by atoms with Gasteiger partial charge in [-0.1, -0.05) is 6.08 Å². The third-order valence-electron chi connectivity index (χ3n) is 4.94. The lowest BCUT2D eigenvalue weighted by molar-refractivity contribution is -0.146. The molecule has 2 aliphatic rings. The number of benzene rings is 1. The average Bonchev–Trinajstić information content (AvgIpc) is 2.59. The number of allylic oxidation sites excluding steroid dienone is 3. The maximum atomic E-state index is 12.7. The number of phenols is 2. The van der Waals surface area contributed by atoms with Crippen LogP contribution < -0.4 is 0 Å². The second kappa shape index (κ2) is 7.16. The van der Waals surface area contributed by atoms with E-state index in [0.717, 1.165) is 6.07 Å². The number of carbonyl (C=O) groups excluding carboxylic acids is 2. The molecule has 7 nitrogen and oxygen atoms in total. The van der Waals surface area contributed by atoms with E-state index < -0.39 is 29.2 Å². The van der Waals surface area contributed by atoms with Crippen molar-refractivity contribution in [3.8, 4) is 11.5 Å². The number of aliphatic hydroxyl groups is 1. The number of hydrogen-bond acceptors (Lipinski definition) is 7. The van der Waals surface area contributed by atoms with E-state index in [-0.39, 0.29) is 24.3 Å². The van der Waals surface area contributed by atoms with Gasteiger partial charge >= 0.3 is 5.97 Å². The van der Waals surface area contributed by atoms with Crippen LogP contribution in [0.1, 0.15) is 36.2 Å². The van der Waals surface area contributed by atoms with E-state index in [0.29, 0.717) is 22.5 Å². The van der Waals surface area contributed by atoms with Gasteiger partial charge in [0, 0.05) is 18.1 Å². The van der Waals surface area contributed by atoms with Crippen LogP contribution in [0.25, 0.3) is 0 Å². The predicted molar refractivity (Wildman–Crippen MR) is 99.8 cm³/mol. The fraction of sp³-hybridized carbons (Fsp3) is 0.333. The van der Waals surface area contributed by atoms with E-state index in [1.54, 1.807) is 18.2 Å². The highest BCUT2D eigenvalue weighted by Gasteiger charge is 2.48. The van der Waals surface area contributed by atoms with Gasteiger partial charge in [-0.05, 0) is 50.1 Å². The number of rotatable bonds is 3. The Morgan fingerprint density at radius 3 is 2.71 bits per heavy atom. The first-order valence-corrected chi connectivity index (χ1v) is 8.85. The molecule has 0 spiro atoms. The van der Waals surface area contributed by atoms with Gasteiger partial charge in [-0.25, -0.2) is 4.79 Å². The van der Waals surface area contributed by atoms with E-state index in [9.17, 15) is 24.9 Å². The molecule has 3 N–H and O–H groups in total. The standard InChI is InChI=1S/C21H22O7/c1-4-5-14-7-12-8-17(21(3,26)19(24)15(12)10-27-14)28-20(25)18-11(2)6-13(22)9-16(18)23/h4-7,9,17,22-23,26H,8,10H2,1-3H3/b5-4+/t17-,21-/m1/s1. The molecule has 0 bridgehead atoms. The van der Waals surface area contributed by atoms with E-state index in [2.05, 4.69) is 0 Å². The van der Waals surface area contributed by atoms with Gasteiger partial charge in [-0.3, -0.25) is 4.79 Å². The van der Waals surface area contributed by atoms with E-state index >= 15 is 0 Å². The van der Waals surface area contributed by atoms with Gasteiger partial charge in [0.05, 0.1) is 0 Å². The fourth-order valence-electron chi connectivity index (χ4n) is 3.41. The highest BCUT2D eigenvalue weighted by atomic mass is 16.6. The molecule has 2 atom stereocenters. The van der Waals surface area contributed by atoms with Crippen LogP contribution >= 0.6 is 0 Å². The molecule has 28 heavy (non-hydrogen) atoms. The zero-order valence-corrected chi connectivity index (χ0v) is 15.9. The topological polar surface area (TPSA) is 113 Å². The number of carbonyl (C=O) groups is 2. The molecule has 0 amide bonds. The molecular weight excluding hydrogens is 364 g/mol. The summed E-state index contributed by atoms with van der Waals surface area (Å²) < 4.78 is 10.9. The summed E-state index contributed by atoms with van der Waals surface area (Å²) in [6.45, 7) is 4.71. The third-order valence-corrected chi connectivity index (χ3v) is 4.94. The Morgan fingerprint density at radius 2 is 2.07 bits per heavy atom. The van der Waals surface area contributed by atoms with Crippen LogP contribution in [-0.4, -0.2) is 45.4 Å². The molecule has 0 aromatic heterocycles. The zero-order chi connectivity index (χ0) is 20.6. The van der Waals surface area contributed by atoms with Gasteiger partial charge in [0.2, 0.25) is 0 Å². The van der Waals surface area contributed by atoms with Crippen molar-refractivity contribution < 1.29 is 34.4 Å². The van der Waals surface area contributed by atoms with Crippen molar-refractivity contribution in [1.82, 2.24) is 0 Å². The zero-order valence-electron chi connectivity index (χ0n) is 15.9. The summed E-state index contributed by atoms with van der Waals surface area (Å²) >= 11 is 0. The van der Waals surface area contributed by atoms with Crippen molar-refractivity contribution in [3.05, 3.63) is 58.4 Å². The first-order chi connectivity index (χ1) is 13.1. The number of esters is 1. The van der Waals surface area contributed by atoms with Crippen LogP contribution in [0.2, 0.25) is 0 Å². The Kier molecular flexibility index (Phi) is 5.04. The van der Waals surface area contributed by atoms with Crippen LogP contribution in [-0.2, 0) is 14.3 Å². The van der Waals surface area contributed by atoms with Gasteiger partial charge in [0.25, 0.3) is 0 Å². The van der Waals surface area contributed by atoms with Crippen LogP contribution in [0.15, 0.2) is 47.3 Å². The van der Waals surface area contributed by atoms with E-state index in [1.807, 2.05) is 6.92 Å². The number of Topliss-reactive ketones (excluding diaryl/α,β-unsaturated/α-hetero) is 1. The quantitative estimate of drug-likeness (QED) is 0.684. The van der Waals surface area contributed by atoms with Gasteiger partial charge in [-0.15, -0.1) is 0 Å². The maximum absolute atomic E-state index is 12.7. The van der Waals surface area contributed by atoms with Crippen molar-refractivity contribution in [2.24, 2.45) is 0 Å². The lowest BCUT2D eigenvalue weighted by Crippen LogP contribution is -2.53. The van der Waals surface area contributed by atoms with Crippen molar-refractivity contribution in [3.63, 3.8) is 0 Å². The Labute approximate surface area is 162 Å². The Balaban J connectivity index is 1.92. The summed E-state index contributed by atoms with van der Waals surface area (Å²) in [5.41, 5.74) is -0.748. The molecular formula is C21H22O7. The molecule has 0 unspecified atom stereocenters. The van der Waals surface area contributed by atoms with Gasteiger partial charge in [0.15, 0.2) is 11.4 Å². The number of phenolic OH excluding ortho intramolecular Hbond substituents is 2. The van der Waals surface area contributed by atoms with Crippen molar-refractivity contribution in [2.75, 3.05) is 6.61 Å². The van der Waals surface area contributed by atoms with Crippen molar-refractivity contribution in [1.29, 1.82) is 0 Å². The molecule has 0 radical (unpaired) electrons. The molecule has 0 saturated heterocycles. The predicted octanol–water partition coefficient (Wildman–Crippen LogP) is 2.44. The van der Waals surface area contributed by atoms with Crippen molar-refractivity contribution >= 4 is 11.8 Å². The molecule has 7 heteroatoms. The van der Waals surface area contributed by atoms with Crippen LogP contribution in [0.5, 0.6) is 11.5 Å². The van der Waals surface area contributed by atoms with Crippen LogP contribution in [0.3, 0.4) is 0 Å². The maximum Gasteiger partial charge on any atom is 0.342 e. The largest absolute Gasteiger partial charge is 0.508 e. The van der Waals surface area contributed by atoms with Crippen LogP contribution in [0, 0.1) is 6.92 Å². The average molecular weight is 386 g/mol. The second-order valence-electron chi connectivity index (χ2n) is 7.07. The summed E-state index contributed by atoms with van der Waals surface area (Å²) in [6, 6.07) is 2.34. The van der Waals surface area contributed by atoms with Crippen LogP contribution in [0.4, 0.5) is 0 Å². The highest BCUT2D eigenvalue weighted by molar-refractivity contribution is 6.05. The summed E-state index contributed by atoms with van der Waals surface area (Å²) in [5, 5.41) is 30.2. The summed E-state index contributed by atoms with van der Waals surface area (Å²) in [7, 11) is 0. The number of ketones is 1. The molecule has 1 aliphatic carbocycles. The molecule has 1 aromatic rings. The molecule has 1 heterocycles. The summed E-state index contributed by atoms with van der Waals surface area (Å²) in [5.74, 6) is -1.50. The minimum Gasteiger partial charge on any atom is -0.508 e. The molecule has 0 fully saturated rings. The SMILES string of the molecule is C/C=C/C1=CC2=C(CO1)C(=O)[C@](C)(O)[C@H](OC(=O)c1c(C)cc(O)cc1O)C2. The van der Waals surface area contributed by atoms with Gasteiger partial charge in [-0.2, -0.15) is 0 Å². The monoisotopic (exact) mass is 386 g/mol. The number of ether oxygens (including phenoxy) is 2. The third kappa shape index (κ3) is 3.41. The van der Waals surface area contributed by atoms with E-state index in [4.69, 9.17) is 9.47 Å². The van der Waals surface area contributed by atoms with Gasteiger partial charge in [0.1, 0.15) is 35.5 Å².